The highest BCUT2D eigenvalue weighted by Crippen LogP contribution is 2.43. The molecule has 0 unspecified atom stereocenters. The fourth-order valence-electron chi connectivity index (χ4n) is 1.64. The van der Waals surface area contributed by atoms with Crippen LogP contribution in [-0.4, -0.2) is 10.1 Å². The molecular weight excluding hydrogens is 334 g/mol. The van der Waals surface area contributed by atoms with Gasteiger partial charge in [-0.25, -0.2) is 4.98 Å². The summed E-state index contributed by atoms with van der Waals surface area (Å²) in [5, 5.41) is 18.0. The molecule has 0 aliphatic carbocycles. The summed E-state index contributed by atoms with van der Waals surface area (Å²) in [4.78, 5) is 3.17. The summed E-state index contributed by atoms with van der Waals surface area (Å²) in [5.41, 5.74) is -3.04. The largest absolute Gasteiger partial charge is 0.507 e. The minimum Gasteiger partial charge on any atom is -0.507 e. The van der Waals surface area contributed by atoms with E-state index in [1.165, 1.54) is 6.07 Å². The third-order valence-electron chi connectivity index (χ3n) is 2.57. The summed E-state index contributed by atoms with van der Waals surface area (Å²) in [6.07, 6.45) is -9.72. The predicted molar refractivity (Wildman–Crippen MR) is 63.9 cm³/mol. The van der Waals surface area contributed by atoms with Gasteiger partial charge in [0.05, 0.1) is 22.9 Å². The lowest BCUT2D eigenvalue weighted by Crippen LogP contribution is -2.07. The number of alkyl halides is 6. The summed E-state index contributed by atoms with van der Waals surface area (Å²) in [7, 11) is 0. The van der Waals surface area contributed by atoms with Crippen molar-refractivity contribution in [3.8, 4) is 23.1 Å². The summed E-state index contributed by atoms with van der Waals surface area (Å²) < 4.78 is 75.8. The van der Waals surface area contributed by atoms with Crippen LogP contribution in [0.15, 0.2) is 17.5 Å². The van der Waals surface area contributed by atoms with Gasteiger partial charge in [0.15, 0.2) is 5.01 Å². The average molecular weight is 338 g/mol. The Balaban J connectivity index is 2.66. The van der Waals surface area contributed by atoms with Gasteiger partial charge in [-0.1, -0.05) is 0 Å². The van der Waals surface area contributed by atoms with Gasteiger partial charge >= 0.3 is 12.4 Å². The van der Waals surface area contributed by atoms with E-state index in [0.717, 1.165) is 11.4 Å². The zero-order valence-electron chi connectivity index (χ0n) is 10.2. The monoisotopic (exact) mass is 338 g/mol. The van der Waals surface area contributed by atoms with Crippen LogP contribution in [0.2, 0.25) is 0 Å². The number of aromatic hydroxyl groups is 1. The molecule has 0 spiro atoms. The Hall–Kier alpha value is -2.28. The average Bonchev–Trinajstić information content (AvgIpc) is 2.87. The third kappa shape index (κ3) is 2.99. The van der Waals surface area contributed by atoms with Gasteiger partial charge < -0.3 is 5.11 Å². The van der Waals surface area contributed by atoms with Crippen molar-refractivity contribution >= 4 is 11.3 Å². The van der Waals surface area contributed by atoms with Gasteiger partial charge in [-0.05, 0) is 12.1 Å². The summed E-state index contributed by atoms with van der Waals surface area (Å²) in [6.45, 7) is 0. The van der Waals surface area contributed by atoms with E-state index >= 15 is 0 Å². The number of aromatic nitrogens is 1. The summed E-state index contributed by atoms with van der Waals surface area (Å²) in [5.74, 6) is -1.27. The molecule has 116 valence electrons. The third-order valence-corrected chi connectivity index (χ3v) is 3.45. The Morgan fingerprint density at radius 1 is 1.09 bits per heavy atom. The van der Waals surface area contributed by atoms with Crippen molar-refractivity contribution in [1.82, 2.24) is 4.98 Å². The van der Waals surface area contributed by atoms with Gasteiger partial charge in [-0.15, -0.1) is 11.3 Å². The Morgan fingerprint density at radius 2 is 1.73 bits per heavy atom. The van der Waals surface area contributed by atoms with Crippen molar-refractivity contribution in [1.29, 1.82) is 5.26 Å². The van der Waals surface area contributed by atoms with Gasteiger partial charge in [0.1, 0.15) is 5.75 Å². The molecule has 0 saturated carbocycles. The van der Waals surface area contributed by atoms with E-state index in [9.17, 15) is 31.4 Å². The Kier molecular flexibility index (Phi) is 3.78. The lowest BCUT2D eigenvalue weighted by molar-refractivity contribution is -0.139. The normalized spacial score (nSPS) is 12.2. The van der Waals surface area contributed by atoms with E-state index in [1.54, 1.807) is 0 Å². The van der Waals surface area contributed by atoms with Crippen molar-refractivity contribution in [2.75, 3.05) is 0 Å². The first-order chi connectivity index (χ1) is 10.0. The van der Waals surface area contributed by atoms with Crippen LogP contribution in [0, 0.1) is 11.3 Å². The van der Waals surface area contributed by atoms with Crippen molar-refractivity contribution in [2.45, 2.75) is 12.4 Å². The van der Waals surface area contributed by atoms with Crippen molar-refractivity contribution in [3.05, 3.63) is 33.6 Å². The van der Waals surface area contributed by atoms with Crippen LogP contribution < -0.4 is 0 Å². The maximum atomic E-state index is 12.8. The fraction of sp³-hybridized carbons (Fsp3) is 0.167. The highest BCUT2D eigenvalue weighted by molar-refractivity contribution is 7.10. The molecule has 1 aromatic carbocycles. The zero-order valence-corrected chi connectivity index (χ0v) is 11.1. The molecule has 1 heterocycles. The van der Waals surface area contributed by atoms with Crippen molar-refractivity contribution in [3.63, 3.8) is 0 Å². The van der Waals surface area contributed by atoms with Crippen LogP contribution in [0.25, 0.3) is 11.3 Å². The minimum absolute atomic E-state index is 0.175. The first-order valence-electron chi connectivity index (χ1n) is 5.41. The Bertz CT molecular complexity index is 756. The number of benzene rings is 1. The topological polar surface area (TPSA) is 56.9 Å². The van der Waals surface area contributed by atoms with Crippen LogP contribution in [0.5, 0.6) is 5.75 Å². The summed E-state index contributed by atoms with van der Waals surface area (Å²) in [6, 6.07) is 2.72. The molecule has 0 aliphatic heterocycles. The number of nitrogens with zero attached hydrogens (tertiary/aromatic N) is 2. The molecule has 3 nitrogen and oxygen atoms in total. The number of hydrogen-bond donors (Lipinski definition) is 1. The first kappa shape index (κ1) is 16.1. The number of halogens is 6. The molecule has 1 N–H and O–H groups in total. The van der Waals surface area contributed by atoms with E-state index in [2.05, 4.69) is 4.98 Å². The number of rotatable bonds is 1. The van der Waals surface area contributed by atoms with Crippen LogP contribution in [-0.2, 0) is 12.4 Å². The van der Waals surface area contributed by atoms with E-state index in [0.29, 0.717) is 6.07 Å². The van der Waals surface area contributed by atoms with E-state index in [1.807, 2.05) is 0 Å². The Labute approximate surface area is 123 Å². The van der Waals surface area contributed by atoms with Crippen LogP contribution in [0.4, 0.5) is 26.3 Å². The lowest BCUT2D eigenvalue weighted by atomic mass is 10.0. The molecular formula is C12H4F6N2OS. The number of phenols is 1. The molecule has 0 radical (unpaired) electrons. The SMILES string of the molecule is N#Cc1cc(-c2csc(C(F)(F)F)n2)c(O)c(C(F)(F)F)c1. The molecule has 0 aliphatic rings. The van der Waals surface area contributed by atoms with E-state index in [4.69, 9.17) is 5.26 Å². The number of nitriles is 1. The maximum absolute atomic E-state index is 12.8. The molecule has 0 atom stereocenters. The molecule has 22 heavy (non-hydrogen) atoms. The molecule has 0 amide bonds. The first-order valence-corrected chi connectivity index (χ1v) is 6.29. The van der Waals surface area contributed by atoms with E-state index < -0.39 is 45.5 Å². The highest BCUT2D eigenvalue weighted by Gasteiger charge is 2.37. The van der Waals surface area contributed by atoms with Gasteiger partial charge in [0.25, 0.3) is 0 Å². The van der Waals surface area contributed by atoms with Gasteiger partial charge in [-0.3, -0.25) is 0 Å². The smallest absolute Gasteiger partial charge is 0.443 e. The van der Waals surface area contributed by atoms with Gasteiger partial charge in [-0.2, -0.15) is 31.6 Å². The summed E-state index contributed by atoms with van der Waals surface area (Å²) >= 11 is 0.175. The molecule has 2 rings (SSSR count). The number of hydrogen-bond acceptors (Lipinski definition) is 4. The molecule has 0 fully saturated rings. The van der Waals surface area contributed by atoms with Crippen LogP contribution >= 0.6 is 11.3 Å². The minimum atomic E-state index is -4.96. The second-order valence-corrected chi connectivity index (χ2v) is 4.92. The standard InChI is InChI=1S/C12H4F6N2OS/c13-11(14,15)7-2-5(3-19)1-6(9(7)21)8-4-22-10(20-8)12(16,17)18/h1-2,4,21H. The van der Waals surface area contributed by atoms with Crippen molar-refractivity contribution in [2.24, 2.45) is 0 Å². The zero-order chi connectivity index (χ0) is 16.7. The highest BCUT2D eigenvalue weighted by atomic mass is 32.1. The van der Waals surface area contributed by atoms with E-state index in [-0.39, 0.29) is 11.3 Å². The molecule has 10 heteroatoms. The maximum Gasteiger partial charge on any atom is 0.443 e. The Morgan fingerprint density at radius 3 is 2.18 bits per heavy atom. The van der Waals surface area contributed by atoms with Gasteiger partial charge in [0.2, 0.25) is 0 Å². The van der Waals surface area contributed by atoms with Crippen LogP contribution in [0.1, 0.15) is 16.1 Å². The molecule has 1 aromatic heterocycles. The second-order valence-electron chi connectivity index (χ2n) is 4.07. The molecule has 0 saturated heterocycles. The fourth-order valence-corrected chi connectivity index (χ4v) is 2.33. The van der Waals surface area contributed by atoms with Crippen LogP contribution in [0.3, 0.4) is 0 Å². The second kappa shape index (κ2) is 5.17. The van der Waals surface area contributed by atoms with Gasteiger partial charge in [0, 0.05) is 10.9 Å². The predicted octanol–water partition coefficient (Wildman–Crippen LogP) is 4.42. The molecule has 2 aromatic rings. The number of thiazole rings is 1. The van der Waals surface area contributed by atoms with Crippen molar-refractivity contribution < 1.29 is 31.4 Å². The number of phenolic OH excluding ortho intramolecular Hbond substituents is 1. The molecule has 0 bridgehead atoms. The quantitative estimate of drug-likeness (QED) is 0.783. The lowest BCUT2D eigenvalue weighted by Gasteiger charge is -2.12.